The van der Waals surface area contributed by atoms with Gasteiger partial charge in [0.05, 0.1) is 6.04 Å². The molecule has 2 fully saturated rings. The number of piperidine rings is 1. The lowest BCUT2D eigenvalue weighted by atomic mass is 10.1. The molecule has 25 heavy (non-hydrogen) atoms. The monoisotopic (exact) mass is 347 g/mol. The second-order valence-corrected chi connectivity index (χ2v) is 7.64. The Balaban J connectivity index is 1.51. The van der Waals surface area contributed by atoms with Crippen molar-refractivity contribution in [3.8, 4) is 0 Å². The molecule has 2 unspecified atom stereocenters. The zero-order valence-electron chi connectivity index (χ0n) is 15.4. The van der Waals surface area contributed by atoms with Gasteiger partial charge in [-0.2, -0.15) is 0 Å². The van der Waals surface area contributed by atoms with Gasteiger partial charge in [0.15, 0.2) is 0 Å². The first-order chi connectivity index (χ1) is 12.0. The van der Waals surface area contributed by atoms with Crippen molar-refractivity contribution in [1.82, 2.24) is 9.80 Å². The lowest BCUT2D eigenvalue weighted by molar-refractivity contribution is -0.120. The van der Waals surface area contributed by atoms with Gasteiger partial charge in [-0.1, -0.05) is 12.5 Å². The second kappa shape index (κ2) is 8.28. The fraction of sp³-hybridized carbons (Fsp3) is 0.650. The molecule has 0 saturated carbocycles. The molecule has 1 amide bonds. The van der Waals surface area contributed by atoms with E-state index in [4.69, 9.17) is 0 Å². The Kier molecular flexibility index (Phi) is 6.07. The van der Waals surface area contributed by atoms with Gasteiger partial charge in [-0.3, -0.25) is 9.69 Å². The highest BCUT2D eigenvalue weighted by Gasteiger charge is 2.30. The number of halogens is 1. The van der Waals surface area contributed by atoms with Crippen molar-refractivity contribution in [1.29, 1.82) is 0 Å². The van der Waals surface area contributed by atoms with Gasteiger partial charge in [0.1, 0.15) is 5.82 Å². The van der Waals surface area contributed by atoms with E-state index in [0.29, 0.717) is 11.6 Å². The maximum Gasteiger partial charge on any atom is 0.241 e. The standard InChI is InChI=1S/C20H30FN3O/c1-15-6-7-18(21)12-19(15)22-20(25)16(2)24-11-8-17(14-24)13-23-9-4-3-5-10-23/h6-7,12,16-17H,3-5,8-11,13-14H2,1-2H3,(H,22,25). The summed E-state index contributed by atoms with van der Waals surface area (Å²) in [6, 6.07) is 4.32. The van der Waals surface area contributed by atoms with Gasteiger partial charge in [-0.05, 0) is 76.4 Å². The predicted octanol–water partition coefficient (Wildman–Crippen LogP) is 3.27. The van der Waals surface area contributed by atoms with Gasteiger partial charge >= 0.3 is 0 Å². The van der Waals surface area contributed by atoms with E-state index in [1.807, 2.05) is 13.8 Å². The number of likely N-dealkylation sites (tertiary alicyclic amines) is 2. The molecule has 2 aliphatic heterocycles. The Labute approximate surface area is 150 Å². The van der Waals surface area contributed by atoms with Gasteiger partial charge in [0.2, 0.25) is 5.91 Å². The third kappa shape index (κ3) is 4.79. The number of nitrogens with one attached hydrogen (secondary N) is 1. The molecule has 2 aliphatic rings. The minimum atomic E-state index is -0.323. The van der Waals surface area contributed by atoms with Crippen molar-refractivity contribution in [2.24, 2.45) is 5.92 Å². The zero-order valence-corrected chi connectivity index (χ0v) is 15.4. The molecule has 0 bridgehead atoms. The summed E-state index contributed by atoms with van der Waals surface area (Å²) in [7, 11) is 0. The molecule has 2 heterocycles. The molecule has 5 heteroatoms. The number of nitrogens with zero attached hydrogens (tertiary/aromatic N) is 2. The van der Waals surface area contributed by atoms with Gasteiger partial charge in [-0.15, -0.1) is 0 Å². The fourth-order valence-electron chi connectivity index (χ4n) is 4.00. The van der Waals surface area contributed by atoms with Crippen LogP contribution in [0.2, 0.25) is 0 Å². The fourth-order valence-corrected chi connectivity index (χ4v) is 4.00. The van der Waals surface area contributed by atoms with Crippen molar-refractivity contribution in [3.63, 3.8) is 0 Å². The van der Waals surface area contributed by atoms with Crippen LogP contribution in [0.15, 0.2) is 18.2 Å². The maximum atomic E-state index is 13.4. The number of aryl methyl sites for hydroxylation is 1. The summed E-state index contributed by atoms with van der Waals surface area (Å²) in [5, 5.41) is 2.89. The van der Waals surface area contributed by atoms with E-state index in [9.17, 15) is 9.18 Å². The molecule has 2 atom stereocenters. The van der Waals surface area contributed by atoms with E-state index >= 15 is 0 Å². The maximum absolute atomic E-state index is 13.4. The van der Waals surface area contributed by atoms with Crippen LogP contribution in [0.5, 0.6) is 0 Å². The molecular weight excluding hydrogens is 317 g/mol. The molecule has 138 valence electrons. The number of rotatable bonds is 5. The van der Waals surface area contributed by atoms with Crippen molar-refractivity contribution in [2.75, 3.05) is 38.0 Å². The Morgan fingerprint density at radius 3 is 2.80 bits per heavy atom. The zero-order chi connectivity index (χ0) is 17.8. The average Bonchev–Trinajstić information content (AvgIpc) is 3.06. The SMILES string of the molecule is Cc1ccc(F)cc1NC(=O)C(C)N1CCC(CN2CCCCC2)C1. The first-order valence-electron chi connectivity index (χ1n) is 9.56. The van der Waals surface area contributed by atoms with Crippen molar-refractivity contribution >= 4 is 11.6 Å². The summed E-state index contributed by atoms with van der Waals surface area (Å²) < 4.78 is 13.4. The summed E-state index contributed by atoms with van der Waals surface area (Å²) in [6.45, 7) is 9.39. The largest absolute Gasteiger partial charge is 0.324 e. The number of anilines is 1. The van der Waals surface area contributed by atoms with E-state index < -0.39 is 0 Å². The Morgan fingerprint density at radius 1 is 1.28 bits per heavy atom. The van der Waals surface area contributed by atoms with E-state index in [0.717, 1.165) is 31.6 Å². The van der Waals surface area contributed by atoms with Crippen LogP contribution < -0.4 is 5.32 Å². The first kappa shape index (κ1) is 18.3. The molecule has 0 radical (unpaired) electrons. The summed E-state index contributed by atoms with van der Waals surface area (Å²) in [6.07, 6.45) is 5.17. The van der Waals surface area contributed by atoms with E-state index in [1.165, 1.54) is 44.5 Å². The van der Waals surface area contributed by atoms with Crippen LogP contribution in [-0.4, -0.2) is 54.5 Å². The molecule has 0 spiro atoms. The predicted molar refractivity (Wildman–Crippen MR) is 99.2 cm³/mol. The molecule has 2 saturated heterocycles. The minimum Gasteiger partial charge on any atom is -0.324 e. The van der Waals surface area contributed by atoms with Crippen LogP contribution in [0, 0.1) is 18.7 Å². The summed E-state index contributed by atoms with van der Waals surface area (Å²) in [5.74, 6) is 0.285. The average molecular weight is 347 g/mol. The van der Waals surface area contributed by atoms with Gasteiger partial charge in [0.25, 0.3) is 0 Å². The highest BCUT2D eigenvalue weighted by Crippen LogP contribution is 2.23. The summed E-state index contributed by atoms with van der Waals surface area (Å²) in [4.78, 5) is 17.4. The molecule has 1 aromatic carbocycles. The van der Waals surface area contributed by atoms with Crippen molar-refractivity contribution < 1.29 is 9.18 Å². The van der Waals surface area contributed by atoms with Gasteiger partial charge in [-0.25, -0.2) is 4.39 Å². The molecular formula is C20H30FN3O. The van der Waals surface area contributed by atoms with Crippen LogP contribution >= 0.6 is 0 Å². The van der Waals surface area contributed by atoms with E-state index in [-0.39, 0.29) is 17.8 Å². The van der Waals surface area contributed by atoms with Crippen LogP contribution in [0.1, 0.15) is 38.2 Å². The molecule has 4 nitrogen and oxygen atoms in total. The lowest BCUT2D eigenvalue weighted by Gasteiger charge is -2.29. The topological polar surface area (TPSA) is 35.6 Å². The lowest BCUT2D eigenvalue weighted by Crippen LogP contribution is -2.41. The highest BCUT2D eigenvalue weighted by atomic mass is 19.1. The Morgan fingerprint density at radius 2 is 2.04 bits per heavy atom. The van der Waals surface area contributed by atoms with Crippen LogP contribution in [0.4, 0.5) is 10.1 Å². The van der Waals surface area contributed by atoms with E-state index in [1.54, 1.807) is 6.07 Å². The van der Waals surface area contributed by atoms with Gasteiger partial charge < -0.3 is 10.2 Å². The highest BCUT2D eigenvalue weighted by molar-refractivity contribution is 5.95. The summed E-state index contributed by atoms with van der Waals surface area (Å²) in [5.41, 5.74) is 1.45. The van der Waals surface area contributed by atoms with Crippen molar-refractivity contribution in [3.05, 3.63) is 29.6 Å². The van der Waals surface area contributed by atoms with Crippen LogP contribution in [-0.2, 0) is 4.79 Å². The number of carbonyl (C=O) groups is 1. The normalized spacial score (nSPS) is 23.6. The first-order valence-corrected chi connectivity index (χ1v) is 9.56. The Bertz CT molecular complexity index is 601. The number of hydrogen-bond donors (Lipinski definition) is 1. The minimum absolute atomic E-state index is 0.0488. The second-order valence-electron chi connectivity index (χ2n) is 7.64. The smallest absolute Gasteiger partial charge is 0.241 e. The Hall–Kier alpha value is -1.46. The van der Waals surface area contributed by atoms with Crippen molar-refractivity contribution in [2.45, 2.75) is 45.6 Å². The van der Waals surface area contributed by atoms with Crippen LogP contribution in [0.25, 0.3) is 0 Å². The molecule has 0 aromatic heterocycles. The summed E-state index contributed by atoms with van der Waals surface area (Å²) >= 11 is 0. The number of carbonyl (C=O) groups excluding carboxylic acids is 1. The van der Waals surface area contributed by atoms with E-state index in [2.05, 4.69) is 15.1 Å². The molecule has 1 N–H and O–H groups in total. The number of amides is 1. The molecule has 1 aromatic rings. The number of hydrogen-bond acceptors (Lipinski definition) is 3. The third-order valence-corrected chi connectivity index (χ3v) is 5.67. The van der Waals surface area contributed by atoms with Crippen LogP contribution in [0.3, 0.4) is 0 Å². The quantitative estimate of drug-likeness (QED) is 0.888. The molecule has 0 aliphatic carbocycles. The number of benzene rings is 1. The molecule has 3 rings (SSSR count). The van der Waals surface area contributed by atoms with Gasteiger partial charge in [0, 0.05) is 18.8 Å². The third-order valence-electron chi connectivity index (χ3n) is 5.67.